The van der Waals surface area contributed by atoms with Crippen LogP contribution in [0, 0.1) is 0 Å². The number of halogens is 4. The van der Waals surface area contributed by atoms with E-state index in [1.807, 2.05) is 0 Å². The molecule has 0 fully saturated rings. The van der Waals surface area contributed by atoms with Crippen molar-refractivity contribution in [1.82, 2.24) is 0 Å². The van der Waals surface area contributed by atoms with Crippen molar-refractivity contribution >= 4 is 34.7 Å². The first-order valence-corrected chi connectivity index (χ1v) is 8.23. The van der Waals surface area contributed by atoms with E-state index >= 15 is 0 Å². The third-order valence-electron chi connectivity index (χ3n) is 3.90. The SMILES string of the molecule is CCCCNc1c2ccccc2[n+](C)c2ccccc12.F[B-](F)(F)F. The molecule has 1 N–H and O–H groups in total. The molecular formula is C18H21BF4N2. The van der Waals surface area contributed by atoms with Gasteiger partial charge in [0.2, 0.25) is 11.0 Å². The molecule has 0 radical (unpaired) electrons. The van der Waals surface area contributed by atoms with Gasteiger partial charge in [-0.05, 0) is 18.6 Å². The zero-order valence-corrected chi connectivity index (χ0v) is 14.3. The van der Waals surface area contributed by atoms with Crippen LogP contribution < -0.4 is 9.88 Å². The Hall–Kier alpha value is -2.31. The van der Waals surface area contributed by atoms with E-state index in [-0.39, 0.29) is 0 Å². The van der Waals surface area contributed by atoms with Crippen LogP contribution >= 0.6 is 0 Å². The molecule has 0 aliphatic carbocycles. The molecule has 1 heterocycles. The molecule has 2 nitrogen and oxygen atoms in total. The summed E-state index contributed by atoms with van der Waals surface area (Å²) >= 11 is 0. The Morgan fingerprint density at radius 2 is 1.32 bits per heavy atom. The summed E-state index contributed by atoms with van der Waals surface area (Å²) in [6.45, 7) is 3.25. The van der Waals surface area contributed by atoms with Crippen molar-refractivity contribution in [2.75, 3.05) is 11.9 Å². The molecule has 0 unspecified atom stereocenters. The molecule has 0 bridgehead atoms. The predicted octanol–water partition coefficient (Wildman–Crippen LogP) is 5.33. The second-order valence-corrected chi connectivity index (χ2v) is 5.74. The zero-order chi connectivity index (χ0) is 18.4. The van der Waals surface area contributed by atoms with Gasteiger partial charge in [-0.15, -0.1) is 0 Å². The smallest absolute Gasteiger partial charge is 0.418 e. The van der Waals surface area contributed by atoms with Crippen LogP contribution in [0.1, 0.15) is 19.8 Å². The number of unbranched alkanes of at least 4 members (excludes halogenated alkanes) is 1. The van der Waals surface area contributed by atoms with Crippen LogP contribution in [0.15, 0.2) is 48.5 Å². The molecule has 0 aliphatic rings. The van der Waals surface area contributed by atoms with E-state index in [1.54, 1.807) is 0 Å². The van der Waals surface area contributed by atoms with Gasteiger partial charge < -0.3 is 22.6 Å². The summed E-state index contributed by atoms with van der Waals surface area (Å²) < 4.78 is 41.3. The summed E-state index contributed by atoms with van der Waals surface area (Å²) in [7, 11) is -3.86. The van der Waals surface area contributed by atoms with Crippen LogP contribution in [0.4, 0.5) is 23.0 Å². The summed E-state index contributed by atoms with van der Waals surface area (Å²) in [5.41, 5.74) is 3.80. The van der Waals surface area contributed by atoms with Gasteiger partial charge in [-0.3, -0.25) is 0 Å². The van der Waals surface area contributed by atoms with E-state index in [1.165, 1.54) is 40.3 Å². The molecule has 0 saturated carbocycles. The lowest BCUT2D eigenvalue weighted by molar-refractivity contribution is -0.617. The number of nitrogens with one attached hydrogen (secondary N) is 1. The van der Waals surface area contributed by atoms with Crippen LogP contribution in [-0.2, 0) is 7.05 Å². The molecule has 1 aromatic heterocycles. The molecule has 2 aromatic carbocycles. The quantitative estimate of drug-likeness (QED) is 0.221. The molecule has 0 saturated heterocycles. The highest BCUT2D eigenvalue weighted by molar-refractivity contribution is 6.50. The second kappa shape index (κ2) is 8.18. The summed E-state index contributed by atoms with van der Waals surface area (Å²) in [4.78, 5) is 0. The Labute approximate surface area is 144 Å². The first-order chi connectivity index (χ1) is 11.8. The lowest BCUT2D eigenvalue weighted by Gasteiger charge is -2.12. The molecule has 25 heavy (non-hydrogen) atoms. The van der Waals surface area contributed by atoms with E-state index in [0.717, 1.165) is 6.54 Å². The number of aromatic nitrogens is 1. The Morgan fingerprint density at radius 3 is 1.76 bits per heavy atom. The summed E-state index contributed by atoms with van der Waals surface area (Å²) in [6.07, 6.45) is 2.41. The molecule has 7 heteroatoms. The van der Waals surface area contributed by atoms with E-state index < -0.39 is 7.25 Å². The highest BCUT2D eigenvalue weighted by Gasteiger charge is 2.20. The van der Waals surface area contributed by atoms with Crippen molar-refractivity contribution in [3.05, 3.63) is 48.5 Å². The number of aryl methyl sites for hydroxylation is 1. The van der Waals surface area contributed by atoms with Gasteiger partial charge in [0.25, 0.3) is 0 Å². The number of pyridine rings is 1. The lowest BCUT2D eigenvalue weighted by Crippen LogP contribution is -2.30. The van der Waals surface area contributed by atoms with Gasteiger partial charge in [-0.1, -0.05) is 37.6 Å². The van der Waals surface area contributed by atoms with Gasteiger partial charge in [-0.25, -0.2) is 0 Å². The Kier molecular flexibility index (Phi) is 6.23. The van der Waals surface area contributed by atoms with E-state index in [4.69, 9.17) is 0 Å². The van der Waals surface area contributed by atoms with Crippen LogP contribution in [-0.4, -0.2) is 13.8 Å². The number of hydrogen-bond donors (Lipinski definition) is 1. The lowest BCUT2D eigenvalue weighted by atomic mass is 10.1. The van der Waals surface area contributed by atoms with Gasteiger partial charge in [0, 0.05) is 18.7 Å². The summed E-state index contributed by atoms with van der Waals surface area (Å²) in [6, 6.07) is 17.2. The Bertz CT molecular complexity index is 786. The van der Waals surface area contributed by atoms with Gasteiger partial charge in [0.1, 0.15) is 7.05 Å². The first-order valence-electron chi connectivity index (χ1n) is 8.23. The number of rotatable bonds is 4. The van der Waals surface area contributed by atoms with E-state index in [2.05, 4.69) is 72.4 Å². The monoisotopic (exact) mass is 352 g/mol. The Morgan fingerprint density at radius 1 is 0.880 bits per heavy atom. The van der Waals surface area contributed by atoms with Crippen molar-refractivity contribution in [3.63, 3.8) is 0 Å². The maximum absolute atomic E-state index is 9.75. The second-order valence-electron chi connectivity index (χ2n) is 5.74. The molecule has 0 amide bonds. The Balaban J connectivity index is 0.000000399. The average Bonchev–Trinajstić information content (AvgIpc) is 2.56. The topological polar surface area (TPSA) is 15.9 Å². The molecule has 0 spiro atoms. The third-order valence-corrected chi connectivity index (χ3v) is 3.90. The summed E-state index contributed by atoms with van der Waals surface area (Å²) in [5.74, 6) is 0. The maximum atomic E-state index is 9.75. The van der Waals surface area contributed by atoms with Gasteiger partial charge in [-0.2, -0.15) is 4.57 Å². The minimum atomic E-state index is -6.00. The molecular weight excluding hydrogens is 331 g/mol. The molecule has 3 rings (SSSR count). The highest BCUT2D eigenvalue weighted by atomic mass is 19.5. The van der Waals surface area contributed by atoms with E-state index in [0.29, 0.717) is 0 Å². The van der Waals surface area contributed by atoms with Crippen LogP contribution in [0.2, 0.25) is 0 Å². The van der Waals surface area contributed by atoms with Crippen molar-refractivity contribution in [2.45, 2.75) is 19.8 Å². The van der Waals surface area contributed by atoms with Gasteiger partial charge in [0.15, 0.2) is 0 Å². The first kappa shape index (κ1) is 19.0. The average molecular weight is 352 g/mol. The van der Waals surface area contributed by atoms with Crippen molar-refractivity contribution < 1.29 is 21.8 Å². The van der Waals surface area contributed by atoms with Crippen LogP contribution in [0.25, 0.3) is 21.8 Å². The fraction of sp³-hybridized carbons (Fsp3) is 0.278. The van der Waals surface area contributed by atoms with Crippen molar-refractivity contribution in [3.8, 4) is 0 Å². The summed E-state index contributed by atoms with van der Waals surface area (Å²) in [5, 5.41) is 6.24. The van der Waals surface area contributed by atoms with Crippen LogP contribution in [0.3, 0.4) is 0 Å². The van der Waals surface area contributed by atoms with E-state index in [9.17, 15) is 17.3 Å². The van der Waals surface area contributed by atoms with Gasteiger partial charge in [0.05, 0.1) is 16.5 Å². The largest absolute Gasteiger partial charge is 0.673 e. The fourth-order valence-corrected chi connectivity index (χ4v) is 2.81. The normalized spacial score (nSPS) is 11.3. The number of para-hydroxylation sites is 2. The maximum Gasteiger partial charge on any atom is 0.673 e. The third kappa shape index (κ3) is 5.08. The number of anilines is 1. The molecule has 0 aliphatic heterocycles. The van der Waals surface area contributed by atoms with Crippen molar-refractivity contribution in [1.29, 1.82) is 0 Å². The number of hydrogen-bond acceptors (Lipinski definition) is 1. The number of benzene rings is 2. The van der Waals surface area contributed by atoms with Crippen molar-refractivity contribution in [2.24, 2.45) is 7.05 Å². The standard InChI is InChI=1S/C18H20N2.BF4/c1-3-4-13-19-18-14-9-5-7-11-16(14)20(2)17-12-8-6-10-15(17)18;2-1(3,4)5/h5-12H,3-4,13H2,1-2H3;/q;-1/p+1. The minimum Gasteiger partial charge on any atom is -0.418 e. The number of fused-ring (bicyclic) bond motifs is 2. The molecule has 134 valence electrons. The minimum absolute atomic E-state index is 1.03. The fourth-order valence-electron chi connectivity index (χ4n) is 2.81. The zero-order valence-electron chi connectivity index (χ0n) is 14.3. The van der Waals surface area contributed by atoms with Gasteiger partial charge >= 0.3 is 7.25 Å². The predicted molar refractivity (Wildman–Crippen MR) is 96.2 cm³/mol. The molecule has 3 aromatic rings. The highest BCUT2D eigenvalue weighted by Crippen LogP contribution is 2.29. The number of nitrogens with zero attached hydrogens (tertiary/aromatic N) is 1. The molecule has 0 atom stereocenters. The van der Waals surface area contributed by atoms with Crippen LogP contribution in [0.5, 0.6) is 0 Å².